The minimum Gasteiger partial charge on any atom is -0.484 e. The first-order chi connectivity index (χ1) is 14.4. The second-order valence-electron chi connectivity index (χ2n) is 8.72. The molecule has 2 rings (SSSR count). The van der Waals surface area contributed by atoms with Crippen molar-refractivity contribution in [2.45, 2.75) is 59.7 Å². The van der Waals surface area contributed by atoms with E-state index < -0.39 is 11.6 Å². The zero-order valence-electron chi connectivity index (χ0n) is 18.9. The molecule has 2 amide bonds. The van der Waals surface area contributed by atoms with Gasteiger partial charge in [-0.25, -0.2) is 0 Å². The number of ether oxygens (including phenoxy) is 1. The van der Waals surface area contributed by atoms with Gasteiger partial charge in [0, 0.05) is 12.1 Å². The fraction of sp³-hybridized carbons (Fsp3) is 0.417. The monoisotopic (exact) mass is 464 g/mol. The molecular formula is C24H30Cl2N2O3. The highest BCUT2D eigenvalue weighted by molar-refractivity contribution is 6.42. The van der Waals surface area contributed by atoms with Gasteiger partial charge in [0.05, 0.1) is 10.0 Å². The van der Waals surface area contributed by atoms with Gasteiger partial charge in [-0.1, -0.05) is 35.3 Å². The Balaban J connectivity index is 2.21. The largest absolute Gasteiger partial charge is 0.484 e. The summed E-state index contributed by atoms with van der Waals surface area (Å²) in [5.41, 5.74) is 2.58. The summed E-state index contributed by atoms with van der Waals surface area (Å²) in [6.07, 6.45) is 0. The lowest BCUT2D eigenvalue weighted by molar-refractivity contribution is -0.142. The van der Waals surface area contributed by atoms with Crippen LogP contribution in [-0.2, 0) is 16.1 Å². The van der Waals surface area contributed by atoms with Crippen molar-refractivity contribution in [3.63, 3.8) is 0 Å². The predicted molar refractivity (Wildman–Crippen MR) is 126 cm³/mol. The number of amides is 2. The topological polar surface area (TPSA) is 58.6 Å². The van der Waals surface area contributed by atoms with Crippen LogP contribution in [0.5, 0.6) is 5.75 Å². The molecule has 2 aromatic rings. The normalized spacial score (nSPS) is 12.3. The SMILES string of the molecule is Cc1ccc(OCC(=O)N(Cc2ccc(Cl)c(Cl)c2)[C@@H](C)C(=O)NC(C)(C)C)cc1C. The lowest BCUT2D eigenvalue weighted by Crippen LogP contribution is -2.53. The van der Waals surface area contributed by atoms with Crippen molar-refractivity contribution in [1.82, 2.24) is 10.2 Å². The van der Waals surface area contributed by atoms with E-state index >= 15 is 0 Å². The number of nitrogens with one attached hydrogen (secondary N) is 1. The number of halogens is 2. The van der Waals surface area contributed by atoms with Crippen molar-refractivity contribution in [2.24, 2.45) is 0 Å². The highest BCUT2D eigenvalue weighted by atomic mass is 35.5. The summed E-state index contributed by atoms with van der Waals surface area (Å²) in [7, 11) is 0. The molecule has 0 aliphatic heterocycles. The van der Waals surface area contributed by atoms with Gasteiger partial charge in [-0.3, -0.25) is 9.59 Å². The number of carbonyl (C=O) groups excluding carboxylic acids is 2. The van der Waals surface area contributed by atoms with Crippen LogP contribution in [0.15, 0.2) is 36.4 Å². The molecule has 0 heterocycles. The number of nitrogens with zero attached hydrogens (tertiary/aromatic N) is 1. The van der Waals surface area contributed by atoms with E-state index in [2.05, 4.69) is 5.32 Å². The number of benzene rings is 2. The Morgan fingerprint density at radius 2 is 1.71 bits per heavy atom. The fourth-order valence-electron chi connectivity index (χ4n) is 2.92. The van der Waals surface area contributed by atoms with Gasteiger partial charge in [0.1, 0.15) is 11.8 Å². The van der Waals surface area contributed by atoms with Gasteiger partial charge in [0.2, 0.25) is 5.91 Å². The van der Waals surface area contributed by atoms with Crippen molar-refractivity contribution in [3.8, 4) is 5.75 Å². The molecule has 2 aromatic carbocycles. The third-order valence-electron chi connectivity index (χ3n) is 4.84. The lowest BCUT2D eigenvalue weighted by Gasteiger charge is -2.31. The average molecular weight is 465 g/mol. The summed E-state index contributed by atoms with van der Waals surface area (Å²) in [5, 5.41) is 3.75. The van der Waals surface area contributed by atoms with Gasteiger partial charge >= 0.3 is 0 Å². The molecule has 0 saturated carbocycles. The molecule has 0 aliphatic rings. The van der Waals surface area contributed by atoms with Crippen LogP contribution in [0.2, 0.25) is 10.0 Å². The smallest absolute Gasteiger partial charge is 0.261 e. The maximum absolute atomic E-state index is 13.1. The second kappa shape index (κ2) is 10.4. The van der Waals surface area contributed by atoms with Gasteiger partial charge in [-0.15, -0.1) is 0 Å². The molecule has 31 heavy (non-hydrogen) atoms. The molecule has 0 bridgehead atoms. The number of carbonyl (C=O) groups is 2. The maximum Gasteiger partial charge on any atom is 0.261 e. The van der Waals surface area contributed by atoms with Gasteiger partial charge in [-0.2, -0.15) is 0 Å². The molecule has 168 valence electrons. The lowest BCUT2D eigenvalue weighted by atomic mass is 10.1. The van der Waals surface area contributed by atoms with Crippen LogP contribution < -0.4 is 10.1 Å². The number of rotatable bonds is 7. The Labute approximate surface area is 194 Å². The molecule has 7 heteroatoms. The first kappa shape index (κ1) is 25.0. The number of hydrogen-bond acceptors (Lipinski definition) is 3. The van der Waals surface area contributed by atoms with Crippen LogP contribution in [0.4, 0.5) is 0 Å². The third kappa shape index (κ3) is 7.44. The van der Waals surface area contributed by atoms with Crippen LogP contribution in [-0.4, -0.2) is 34.9 Å². The highest BCUT2D eigenvalue weighted by Crippen LogP contribution is 2.24. The van der Waals surface area contributed by atoms with Gasteiger partial charge < -0.3 is 15.0 Å². The van der Waals surface area contributed by atoms with Gasteiger partial charge in [0.15, 0.2) is 6.61 Å². The van der Waals surface area contributed by atoms with E-state index in [1.165, 1.54) is 4.90 Å². The van der Waals surface area contributed by atoms with Crippen molar-refractivity contribution in [2.75, 3.05) is 6.61 Å². The first-order valence-electron chi connectivity index (χ1n) is 10.1. The predicted octanol–water partition coefficient (Wildman–Crippen LogP) is 5.32. The minimum atomic E-state index is -0.704. The average Bonchev–Trinajstić information content (AvgIpc) is 2.67. The maximum atomic E-state index is 13.1. The quantitative estimate of drug-likeness (QED) is 0.602. The molecule has 0 radical (unpaired) electrons. The Morgan fingerprint density at radius 1 is 1.03 bits per heavy atom. The molecule has 1 N–H and O–H groups in total. The van der Waals surface area contributed by atoms with Crippen LogP contribution in [0.3, 0.4) is 0 Å². The highest BCUT2D eigenvalue weighted by Gasteiger charge is 2.28. The van der Waals surface area contributed by atoms with Crippen molar-refractivity contribution in [1.29, 1.82) is 0 Å². The zero-order valence-corrected chi connectivity index (χ0v) is 20.4. The third-order valence-corrected chi connectivity index (χ3v) is 5.58. The molecule has 0 spiro atoms. The van der Waals surface area contributed by atoms with Crippen LogP contribution in [0.1, 0.15) is 44.4 Å². The molecule has 0 aliphatic carbocycles. The summed E-state index contributed by atoms with van der Waals surface area (Å²) in [5.74, 6) is 0.0608. The summed E-state index contributed by atoms with van der Waals surface area (Å²) in [4.78, 5) is 27.4. The Hall–Kier alpha value is -2.24. The fourth-order valence-corrected chi connectivity index (χ4v) is 3.24. The number of hydrogen-bond donors (Lipinski definition) is 1. The summed E-state index contributed by atoms with van der Waals surface area (Å²) >= 11 is 12.1. The van der Waals surface area contributed by atoms with Crippen molar-refractivity contribution in [3.05, 3.63) is 63.1 Å². The molecule has 5 nitrogen and oxygen atoms in total. The van der Waals surface area contributed by atoms with Crippen molar-refractivity contribution < 1.29 is 14.3 Å². The summed E-state index contributed by atoms with van der Waals surface area (Å²) < 4.78 is 5.73. The van der Waals surface area contributed by atoms with E-state index in [0.29, 0.717) is 15.8 Å². The zero-order chi connectivity index (χ0) is 23.3. The van der Waals surface area contributed by atoms with E-state index in [1.807, 2.05) is 52.8 Å². The first-order valence-corrected chi connectivity index (χ1v) is 10.9. The van der Waals surface area contributed by atoms with Gasteiger partial charge in [-0.05, 0) is 82.5 Å². The van der Waals surface area contributed by atoms with E-state index in [9.17, 15) is 9.59 Å². The molecule has 1 atom stereocenters. The van der Waals surface area contributed by atoms with E-state index in [-0.39, 0.29) is 25.0 Å². The molecule has 0 saturated heterocycles. The standard InChI is InChI=1S/C24H30Cl2N2O3/c1-15-7-9-19(11-16(15)2)31-14-22(29)28(17(3)23(30)27-24(4,5)6)13-18-8-10-20(25)21(26)12-18/h7-12,17H,13-14H2,1-6H3,(H,27,30)/t17-/m0/s1. The Kier molecular flexibility index (Phi) is 8.38. The molecule has 0 fully saturated rings. The molecular weight excluding hydrogens is 435 g/mol. The summed E-state index contributed by atoms with van der Waals surface area (Å²) in [6.45, 7) is 11.4. The minimum absolute atomic E-state index is 0.184. The second-order valence-corrected chi connectivity index (χ2v) is 9.53. The van der Waals surface area contributed by atoms with Crippen LogP contribution >= 0.6 is 23.2 Å². The van der Waals surface area contributed by atoms with Crippen LogP contribution in [0.25, 0.3) is 0 Å². The summed E-state index contributed by atoms with van der Waals surface area (Å²) in [6, 6.07) is 10.1. The van der Waals surface area contributed by atoms with Crippen molar-refractivity contribution >= 4 is 35.0 Å². The molecule has 0 unspecified atom stereocenters. The van der Waals surface area contributed by atoms with E-state index in [4.69, 9.17) is 27.9 Å². The van der Waals surface area contributed by atoms with Crippen LogP contribution in [0, 0.1) is 13.8 Å². The Bertz CT molecular complexity index is 954. The van der Waals surface area contributed by atoms with E-state index in [1.54, 1.807) is 25.1 Å². The molecule has 0 aromatic heterocycles. The van der Waals surface area contributed by atoms with E-state index in [0.717, 1.165) is 16.7 Å². The van der Waals surface area contributed by atoms with Gasteiger partial charge in [0.25, 0.3) is 5.91 Å². The Morgan fingerprint density at radius 3 is 2.29 bits per heavy atom. The number of aryl methyl sites for hydroxylation is 2.